The van der Waals surface area contributed by atoms with Gasteiger partial charge in [0, 0.05) is 33.2 Å². The monoisotopic (exact) mass is 386 g/mol. The van der Waals surface area contributed by atoms with Crippen LogP contribution in [0.2, 0.25) is 0 Å². The molecule has 0 amide bonds. The summed E-state index contributed by atoms with van der Waals surface area (Å²) in [4.78, 5) is 6.44. The van der Waals surface area contributed by atoms with Crippen molar-refractivity contribution in [2.75, 3.05) is 40.5 Å². The van der Waals surface area contributed by atoms with E-state index in [0.29, 0.717) is 6.79 Å². The van der Waals surface area contributed by atoms with Crippen LogP contribution in [0.15, 0.2) is 47.5 Å². The summed E-state index contributed by atoms with van der Waals surface area (Å²) in [6.07, 6.45) is 0.863. The molecule has 0 saturated carbocycles. The number of hydrogen-bond acceptors (Lipinski definition) is 4. The van der Waals surface area contributed by atoms with Crippen LogP contribution < -0.4 is 20.1 Å². The SMILES string of the molecule is CN=C(NCCc1ccc2c(c1)OCO2)NCCN(C)Cc1ccc(F)cc1. The third kappa shape index (κ3) is 5.85. The second kappa shape index (κ2) is 9.94. The molecule has 2 aromatic rings. The Bertz CT molecular complexity index is 795. The molecule has 0 spiro atoms. The van der Waals surface area contributed by atoms with E-state index in [9.17, 15) is 4.39 Å². The summed E-state index contributed by atoms with van der Waals surface area (Å²) in [6, 6.07) is 12.6. The third-order valence-electron chi connectivity index (χ3n) is 4.52. The van der Waals surface area contributed by atoms with Gasteiger partial charge in [0.2, 0.25) is 6.79 Å². The molecule has 0 atom stereocenters. The van der Waals surface area contributed by atoms with Crippen LogP contribution in [-0.4, -0.2) is 51.4 Å². The molecular weight excluding hydrogens is 359 g/mol. The lowest BCUT2D eigenvalue weighted by Crippen LogP contribution is -2.41. The van der Waals surface area contributed by atoms with Crippen molar-refractivity contribution >= 4 is 5.96 Å². The van der Waals surface area contributed by atoms with Crippen molar-refractivity contribution in [1.29, 1.82) is 0 Å². The van der Waals surface area contributed by atoms with Crippen LogP contribution in [0, 0.1) is 5.82 Å². The summed E-state index contributed by atoms with van der Waals surface area (Å²) in [7, 11) is 3.80. The van der Waals surface area contributed by atoms with Crippen molar-refractivity contribution in [3.8, 4) is 11.5 Å². The number of ether oxygens (including phenoxy) is 2. The molecule has 6 nitrogen and oxygen atoms in total. The fraction of sp³-hybridized carbons (Fsp3) is 0.381. The van der Waals surface area contributed by atoms with Crippen molar-refractivity contribution in [2.45, 2.75) is 13.0 Å². The Morgan fingerprint density at radius 1 is 1.04 bits per heavy atom. The van der Waals surface area contributed by atoms with Gasteiger partial charge >= 0.3 is 0 Å². The number of benzene rings is 2. The summed E-state index contributed by atoms with van der Waals surface area (Å²) in [5, 5.41) is 6.64. The molecule has 1 aliphatic heterocycles. The molecule has 3 rings (SSSR count). The Morgan fingerprint density at radius 2 is 1.75 bits per heavy atom. The predicted molar refractivity (Wildman–Crippen MR) is 108 cm³/mol. The largest absolute Gasteiger partial charge is 0.454 e. The fourth-order valence-corrected chi connectivity index (χ4v) is 2.99. The summed E-state index contributed by atoms with van der Waals surface area (Å²) in [5.41, 5.74) is 2.28. The van der Waals surface area contributed by atoms with Crippen LogP contribution in [0.25, 0.3) is 0 Å². The van der Waals surface area contributed by atoms with Crippen molar-refractivity contribution in [1.82, 2.24) is 15.5 Å². The molecule has 1 aliphatic rings. The fourth-order valence-electron chi connectivity index (χ4n) is 2.99. The highest BCUT2D eigenvalue weighted by atomic mass is 19.1. The standard InChI is InChI=1S/C21H27FN4O2/c1-23-21(24-10-9-16-5-8-19-20(13-16)28-15-27-19)25-11-12-26(2)14-17-3-6-18(22)7-4-17/h3-8,13H,9-12,14-15H2,1-2H3,(H2,23,24,25). The zero-order chi connectivity index (χ0) is 19.8. The highest BCUT2D eigenvalue weighted by molar-refractivity contribution is 5.79. The average molecular weight is 386 g/mol. The third-order valence-corrected chi connectivity index (χ3v) is 4.52. The number of aliphatic imine (C=N–C) groups is 1. The van der Waals surface area contributed by atoms with E-state index in [1.807, 2.05) is 31.3 Å². The van der Waals surface area contributed by atoms with Gasteiger partial charge in [0.1, 0.15) is 5.82 Å². The topological polar surface area (TPSA) is 58.1 Å². The van der Waals surface area contributed by atoms with Gasteiger partial charge < -0.3 is 25.0 Å². The van der Waals surface area contributed by atoms with Gasteiger partial charge in [-0.2, -0.15) is 0 Å². The molecular formula is C21H27FN4O2. The highest BCUT2D eigenvalue weighted by Crippen LogP contribution is 2.32. The van der Waals surface area contributed by atoms with Crippen LogP contribution in [0.5, 0.6) is 11.5 Å². The molecule has 2 N–H and O–H groups in total. The number of likely N-dealkylation sites (N-methyl/N-ethyl adjacent to an activating group) is 1. The van der Waals surface area contributed by atoms with Gasteiger partial charge in [-0.1, -0.05) is 18.2 Å². The summed E-state index contributed by atoms with van der Waals surface area (Å²) < 4.78 is 23.7. The Morgan fingerprint density at radius 3 is 2.54 bits per heavy atom. The second-order valence-corrected chi connectivity index (χ2v) is 6.73. The van der Waals surface area contributed by atoms with E-state index in [1.54, 1.807) is 7.05 Å². The molecule has 150 valence electrons. The zero-order valence-electron chi connectivity index (χ0n) is 16.4. The normalized spacial score (nSPS) is 13.1. The number of halogens is 1. The molecule has 0 saturated heterocycles. The first-order chi connectivity index (χ1) is 13.6. The van der Waals surface area contributed by atoms with Crippen LogP contribution in [-0.2, 0) is 13.0 Å². The van der Waals surface area contributed by atoms with E-state index < -0.39 is 0 Å². The van der Waals surface area contributed by atoms with Gasteiger partial charge in [0.15, 0.2) is 17.5 Å². The van der Waals surface area contributed by atoms with E-state index in [1.165, 1.54) is 17.7 Å². The first-order valence-corrected chi connectivity index (χ1v) is 9.40. The number of hydrogen-bond donors (Lipinski definition) is 2. The number of rotatable bonds is 8. The maximum Gasteiger partial charge on any atom is 0.231 e. The number of guanidine groups is 1. The molecule has 0 aromatic heterocycles. The molecule has 2 aromatic carbocycles. The Kier molecular flexibility index (Phi) is 7.08. The van der Waals surface area contributed by atoms with Gasteiger partial charge in [-0.15, -0.1) is 0 Å². The van der Waals surface area contributed by atoms with E-state index in [2.05, 4.69) is 26.6 Å². The number of fused-ring (bicyclic) bond motifs is 1. The second-order valence-electron chi connectivity index (χ2n) is 6.73. The minimum Gasteiger partial charge on any atom is -0.454 e. The molecule has 0 radical (unpaired) electrons. The van der Waals surface area contributed by atoms with Crippen molar-refractivity contribution in [3.05, 3.63) is 59.4 Å². The van der Waals surface area contributed by atoms with Crippen LogP contribution >= 0.6 is 0 Å². The van der Waals surface area contributed by atoms with Gasteiger partial charge in [-0.05, 0) is 48.9 Å². The minimum absolute atomic E-state index is 0.205. The van der Waals surface area contributed by atoms with Crippen LogP contribution in [0.4, 0.5) is 4.39 Å². The zero-order valence-corrected chi connectivity index (χ0v) is 16.4. The molecule has 0 fully saturated rings. The lowest BCUT2D eigenvalue weighted by atomic mass is 10.1. The molecule has 28 heavy (non-hydrogen) atoms. The molecule has 0 aliphatic carbocycles. The molecule has 7 heteroatoms. The number of nitrogens with zero attached hydrogens (tertiary/aromatic N) is 2. The predicted octanol–water partition coefficient (Wildman–Crippen LogP) is 2.39. The Balaban J connectivity index is 1.34. The first-order valence-electron chi connectivity index (χ1n) is 9.40. The van der Waals surface area contributed by atoms with E-state index >= 15 is 0 Å². The van der Waals surface area contributed by atoms with E-state index in [0.717, 1.165) is 55.6 Å². The summed E-state index contributed by atoms with van der Waals surface area (Å²) in [5.74, 6) is 2.18. The first kappa shape index (κ1) is 19.9. The van der Waals surface area contributed by atoms with Gasteiger partial charge in [-0.3, -0.25) is 4.99 Å². The quantitative estimate of drug-likeness (QED) is 0.539. The maximum absolute atomic E-state index is 13.0. The van der Waals surface area contributed by atoms with Gasteiger partial charge in [-0.25, -0.2) is 4.39 Å². The van der Waals surface area contributed by atoms with Crippen LogP contribution in [0.1, 0.15) is 11.1 Å². The smallest absolute Gasteiger partial charge is 0.231 e. The van der Waals surface area contributed by atoms with Gasteiger partial charge in [0.05, 0.1) is 0 Å². The summed E-state index contributed by atoms with van der Waals surface area (Å²) >= 11 is 0. The van der Waals surface area contributed by atoms with E-state index in [-0.39, 0.29) is 5.82 Å². The highest BCUT2D eigenvalue weighted by Gasteiger charge is 2.13. The lowest BCUT2D eigenvalue weighted by Gasteiger charge is -2.18. The summed E-state index contributed by atoms with van der Waals surface area (Å²) in [6.45, 7) is 3.45. The average Bonchev–Trinajstić information content (AvgIpc) is 3.16. The molecule has 0 unspecified atom stereocenters. The Hall–Kier alpha value is -2.80. The lowest BCUT2D eigenvalue weighted by molar-refractivity contribution is 0.174. The maximum atomic E-state index is 13.0. The van der Waals surface area contributed by atoms with Crippen molar-refractivity contribution in [2.24, 2.45) is 4.99 Å². The van der Waals surface area contributed by atoms with Crippen molar-refractivity contribution < 1.29 is 13.9 Å². The van der Waals surface area contributed by atoms with Crippen LogP contribution in [0.3, 0.4) is 0 Å². The number of nitrogens with one attached hydrogen (secondary N) is 2. The molecule has 0 bridgehead atoms. The minimum atomic E-state index is -0.205. The molecule has 1 heterocycles. The van der Waals surface area contributed by atoms with E-state index in [4.69, 9.17) is 9.47 Å². The van der Waals surface area contributed by atoms with Gasteiger partial charge in [0.25, 0.3) is 0 Å². The van der Waals surface area contributed by atoms with Crippen molar-refractivity contribution in [3.63, 3.8) is 0 Å². The Labute approximate surface area is 165 Å².